The highest BCUT2D eigenvalue weighted by molar-refractivity contribution is 5.99. The SMILES string of the molecule is COC(=O)c1cc([N+](=O)[O-])cc([N+](=O)[O-])c1NC1CC=CCC1. The summed E-state index contributed by atoms with van der Waals surface area (Å²) in [7, 11) is 1.11. The number of non-ortho nitro benzene ring substituents is 1. The van der Waals surface area contributed by atoms with Gasteiger partial charge in [-0.25, -0.2) is 4.79 Å². The molecule has 9 nitrogen and oxygen atoms in total. The quantitative estimate of drug-likeness (QED) is 0.382. The molecule has 0 radical (unpaired) electrons. The van der Waals surface area contributed by atoms with Crippen LogP contribution < -0.4 is 5.32 Å². The normalized spacial score (nSPS) is 16.7. The van der Waals surface area contributed by atoms with Gasteiger partial charge in [0.25, 0.3) is 11.4 Å². The van der Waals surface area contributed by atoms with Crippen LogP contribution in [0.3, 0.4) is 0 Å². The van der Waals surface area contributed by atoms with Crippen molar-refractivity contribution in [2.75, 3.05) is 12.4 Å². The first kappa shape index (κ1) is 16.4. The molecule has 1 aromatic rings. The molecule has 0 heterocycles. The summed E-state index contributed by atoms with van der Waals surface area (Å²) in [5.74, 6) is -0.870. The molecule has 0 fully saturated rings. The van der Waals surface area contributed by atoms with Gasteiger partial charge in [-0.2, -0.15) is 0 Å². The number of anilines is 1. The van der Waals surface area contributed by atoms with Crippen LogP contribution >= 0.6 is 0 Å². The molecule has 23 heavy (non-hydrogen) atoms. The number of hydrogen-bond donors (Lipinski definition) is 1. The second-order valence-electron chi connectivity index (χ2n) is 5.02. The summed E-state index contributed by atoms with van der Waals surface area (Å²) >= 11 is 0. The van der Waals surface area contributed by atoms with E-state index in [9.17, 15) is 25.0 Å². The predicted molar refractivity (Wildman–Crippen MR) is 81.5 cm³/mol. The number of nitrogens with one attached hydrogen (secondary N) is 1. The zero-order chi connectivity index (χ0) is 17.0. The van der Waals surface area contributed by atoms with Crippen LogP contribution in [0, 0.1) is 20.2 Å². The van der Waals surface area contributed by atoms with Crippen molar-refractivity contribution in [3.63, 3.8) is 0 Å². The van der Waals surface area contributed by atoms with Crippen LogP contribution in [0.5, 0.6) is 0 Å². The van der Waals surface area contributed by atoms with Gasteiger partial charge in [-0.3, -0.25) is 20.2 Å². The smallest absolute Gasteiger partial charge is 0.340 e. The molecule has 0 spiro atoms. The summed E-state index contributed by atoms with van der Waals surface area (Å²) in [5.41, 5.74) is -1.32. The van der Waals surface area contributed by atoms with Crippen molar-refractivity contribution in [1.82, 2.24) is 0 Å². The molecule has 1 N–H and O–H groups in total. The van der Waals surface area contributed by atoms with Crippen molar-refractivity contribution < 1.29 is 19.4 Å². The Labute approximate surface area is 131 Å². The molecule has 0 amide bonds. The van der Waals surface area contributed by atoms with Crippen molar-refractivity contribution in [3.8, 4) is 0 Å². The lowest BCUT2D eigenvalue weighted by molar-refractivity contribution is -0.393. The highest BCUT2D eigenvalue weighted by Crippen LogP contribution is 2.35. The second kappa shape index (κ2) is 6.86. The van der Waals surface area contributed by atoms with Gasteiger partial charge in [0.2, 0.25) is 0 Å². The van der Waals surface area contributed by atoms with E-state index in [4.69, 9.17) is 0 Å². The van der Waals surface area contributed by atoms with Crippen molar-refractivity contribution in [2.24, 2.45) is 0 Å². The Hall–Kier alpha value is -2.97. The molecule has 0 saturated heterocycles. The summed E-state index contributed by atoms with van der Waals surface area (Å²) in [6, 6.07) is 1.73. The van der Waals surface area contributed by atoms with E-state index >= 15 is 0 Å². The standard InChI is InChI=1S/C14H15N3O6/c1-23-14(18)11-7-10(16(19)20)8-12(17(21)22)13(11)15-9-5-3-2-4-6-9/h2-3,7-9,15H,4-6H2,1H3. The highest BCUT2D eigenvalue weighted by Gasteiger charge is 2.29. The van der Waals surface area contributed by atoms with E-state index in [-0.39, 0.29) is 17.3 Å². The molecule has 1 atom stereocenters. The Balaban J connectivity index is 2.54. The average molecular weight is 321 g/mol. The number of nitro benzene ring substituents is 2. The number of carbonyl (C=O) groups is 1. The van der Waals surface area contributed by atoms with Crippen molar-refractivity contribution in [1.29, 1.82) is 0 Å². The number of benzene rings is 1. The minimum Gasteiger partial charge on any atom is -0.465 e. The highest BCUT2D eigenvalue weighted by atomic mass is 16.6. The van der Waals surface area contributed by atoms with Gasteiger partial charge in [-0.15, -0.1) is 0 Å². The largest absolute Gasteiger partial charge is 0.465 e. The fraction of sp³-hybridized carbons (Fsp3) is 0.357. The van der Waals surface area contributed by atoms with Crippen molar-refractivity contribution >= 4 is 23.0 Å². The topological polar surface area (TPSA) is 125 Å². The molecule has 0 bridgehead atoms. The third-order valence-corrected chi connectivity index (χ3v) is 3.53. The number of allylic oxidation sites excluding steroid dienone is 1. The van der Waals surface area contributed by atoms with E-state index in [1.165, 1.54) is 0 Å². The number of hydrogen-bond acceptors (Lipinski definition) is 7. The van der Waals surface area contributed by atoms with E-state index in [0.717, 1.165) is 32.1 Å². The Morgan fingerprint density at radius 3 is 2.52 bits per heavy atom. The van der Waals surface area contributed by atoms with Crippen molar-refractivity contribution in [2.45, 2.75) is 25.3 Å². The Morgan fingerprint density at radius 1 is 1.26 bits per heavy atom. The summed E-state index contributed by atoms with van der Waals surface area (Å²) in [6.45, 7) is 0. The Kier molecular flexibility index (Phi) is 4.89. The molecular formula is C14H15N3O6. The van der Waals surface area contributed by atoms with Crippen LogP contribution in [0.2, 0.25) is 0 Å². The summed E-state index contributed by atoms with van der Waals surface area (Å²) < 4.78 is 4.60. The molecule has 1 unspecified atom stereocenters. The number of nitro groups is 2. The van der Waals surface area contributed by atoms with Gasteiger partial charge in [0.1, 0.15) is 5.69 Å². The maximum absolute atomic E-state index is 11.9. The minimum absolute atomic E-state index is 0.0484. The minimum atomic E-state index is -0.870. The van der Waals surface area contributed by atoms with Crippen LogP contribution in [0.15, 0.2) is 24.3 Å². The summed E-state index contributed by atoms with van der Waals surface area (Å²) in [4.78, 5) is 32.6. The fourth-order valence-electron chi connectivity index (χ4n) is 2.41. The predicted octanol–water partition coefficient (Wildman–Crippen LogP) is 2.81. The third kappa shape index (κ3) is 3.62. The zero-order valence-corrected chi connectivity index (χ0v) is 12.4. The number of carbonyl (C=O) groups excluding carboxylic acids is 1. The van der Waals surface area contributed by atoms with Gasteiger partial charge >= 0.3 is 5.97 Å². The van der Waals surface area contributed by atoms with E-state index in [1.54, 1.807) is 0 Å². The summed E-state index contributed by atoms with van der Waals surface area (Å²) in [5, 5.41) is 25.2. The first-order valence-corrected chi connectivity index (χ1v) is 6.90. The molecule has 0 saturated carbocycles. The molecule has 122 valence electrons. The van der Waals surface area contributed by atoms with Crippen LogP contribution in [0.4, 0.5) is 17.1 Å². The lowest BCUT2D eigenvalue weighted by Gasteiger charge is -2.21. The molecule has 2 rings (SSSR count). The van der Waals surface area contributed by atoms with Gasteiger partial charge in [-0.1, -0.05) is 12.2 Å². The Morgan fingerprint density at radius 2 is 2.00 bits per heavy atom. The number of ether oxygens (including phenoxy) is 1. The molecule has 1 aliphatic rings. The van der Waals surface area contributed by atoms with Gasteiger partial charge in [0.05, 0.1) is 28.6 Å². The second-order valence-corrected chi connectivity index (χ2v) is 5.02. The fourth-order valence-corrected chi connectivity index (χ4v) is 2.41. The van der Waals surface area contributed by atoms with Crippen LogP contribution in [0.25, 0.3) is 0 Å². The van der Waals surface area contributed by atoms with E-state index < -0.39 is 27.2 Å². The van der Waals surface area contributed by atoms with E-state index in [1.807, 2.05) is 12.2 Å². The maximum Gasteiger partial charge on any atom is 0.340 e. The monoisotopic (exact) mass is 321 g/mol. The average Bonchev–Trinajstić information content (AvgIpc) is 2.54. The molecule has 0 aromatic heterocycles. The van der Waals surface area contributed by atoms with Crippen LogP contribution in [-0.2, 0) is 4.74 Å². The van der Waals surface area contributed by atoms with Gasteiger partial charge in [0, 0.05) is 12.1 Å². The number of methoxy groups -OCH3 is 1. The number of rotatable bonds is 5. The maximum atomic E-state index is 11.9. The van der Waals surface area contributed by atoms with Gasteiger partial charge < -0.3 is 10.1 Å². The van der Waals surface area contributed by atoms with Gasteiger partial charge in [0.15, 0.2) is 0 Å². The first-order chi connectivity index (χ1) is 10.9. The Bertz CT molecular complexity index is 685. The lowest BCUT2D eigenvalue weighted by Crippen LogP contribution is -2.23. The molecule has 1 aliphatic carbocycles. The lowest BCUT2D eigenvalue weighted by atomic mass is 10.0. The number of esters is 1. The first-order valence-electron chi connectivity index (χ1n) is 6.90. The zero-order valence-electron chi connectivity index (χ0n) is 12.4. The van der Waals surface area contributed by atoms with Crippen LogP contribution in [-0.4, -0.2) is 29.0 Å². The third-order valence-electron chi connectivity index (χ3n) is 3.53. The number of nitrogens with zero attached hydrogens (tertiary/aromatic N) is 2. The van der Waals surface area contributed by atoms with Gasteiger partial charge in [-0.05, 0) is 19.3 Å². The van der Waals surface area contributed by atoms with E-state index in [2.05, 4.69) is 10.1 Å². The van der Waals surface area contributed by atoms with E-state index in [0.29, 0.717) is 6.42 Å². The van der Waals surface area contributed by atoms with Crippen molar-refractivity contribution in [3.05, 3.63) is 50.1 Å². The molecular weight excluding hydrogens is 306 g/mol. The summed E-state index contributed by atoms with van der Waals surface area (Å²) in [6.07, 6.45) is 6.14. The molecule has 9 heteroatoms. The molecule has 0 aliphatic heterocycles. The van der Waals surface area contributed by atoms with Crippen LogP contribution in [0.1, 0.15) is 29.6 Å². The molecule has 1 aromatic carbocycles.